The molecule has 0 fully saturated rings. The van der Waals surface area contributed by atoms with Crippen molar-refractivity contribution in [3.8, 4) is 6.07 Å². The van der Waals surface area contributed by atoms with Gasteiger partial charge in [-0.15, -0.1) is 0 Å². The molecule has 0 spiro atoms. The maximum Gasteiger partial charge on any atom is 0.0997 e. The van der Waals surface area contributed by atoms with Crippen molar-refractivity contribution in [1.29, 1.82) is 5.26 Å². The SMILES string of the molecule is C=Cc1ccccc1C#N.c1ccccc1. The molecule has 0 heterocycles. The fraction of sp³-hybridized carbons (Fsp3) is 0. The fourth-order valence-electron chi connectivity index (χ4n) is 1.16. The van der Waals surface area contributed by atoms with E-state index in [0.717, 1.165) is 5.56 Å². The molecule has 0 N–H and O–H groups in total. The Balaban J connectivity index is 0.000000181. The minimum absolute atomic E-state index is 0.678. The molecular weight excluding hydrogens is 194 g/mol. The van der Waals surface area contributed by atoms with Gasteiger partial charge in [0.1, 0.15) is 0 Å². The number of rotatable bonds is 1. The summed E-state index contributed by atoms with van der Waals surface area (Å²) in [7, 11) is 0. The van der Waals surface area contributed by atoms with E-state index in [1.807, 2.05) is 54.6 Å². The minimum Gasteiger partial charge on any atom is -0.192 e. The zero-order chi connectivity index (χ0) is 11.6. The Bertz CT molecular complexity index is 440. The predicted molar refractivity (Wildman–Crippen MR) is 67.7 cm³/mol. The summed E-state index contributed by atoms with van der Waals surface area (Å²) in [4.78, 5) is 0. The van der Waals surface area contributed by atoms with Gasteiger partial charge in [0, 0.05) is 0 Å². The third-order valence-corrected chi connectivity index (χ3v) is 1.97. The Morgan fingerprint density at radius 3 is 1.75 bits per heavy atom. The van der Waals surface area contributed by atoms with Crippen LogP contribution in [0.25, 0.3) is 6.08 Å². The van der Waals surface area contributed by atoms with Crippen molar-refractivity contribution in [2.24, 2.45) is 0 Å². The maximum absolute atomic E-state index is 8.55. The number of nitriles is 1. The van der Waals surface area contributed by atoms with Crippen LogP contribution in [0.5, 0.6) is 0 Å². The average molecular weight is 207 g/mol. The summed E-state index contributed by atoms with van der Waals surface area (Å²) in [5.74, 6) is 0. The van der Waals surface area contributed by atoms with Gasteiger partial charge >= 0.3 is 0 Å². The molecule has 1 heteroatoms. The first-order chi connectivity index (χ1) is 7.88. The molecule has 0 aliphatic carbocycles. The van der Waals surface area contributed by atoms with E-state index in [4.69, 9.17) is 5.26 Å². The predicted octanol–water partition coefficient (Wildman–Crippen LogP) is 3.89. The molecule has 1 nitrogen and oxygen atoms in total. The van der Waals surface area contributed by atoms with Crippen LogP contribution in [0, 0.1) is 11.3 Å². The normalized spacial score (nSPS) is 8.19. The van der Waals surface area contributed by atoms with E-state index >= 15 is 0 Å². The van der Waals surface area contributed by atoms with Crippen molar-refractivity contribution in [3.63, 3.8) is 0 Å². The Kier molecular flexibility index (Phi) is 5.16. The van der Waals surface area contributed by atoms with E-state index in [1.54, 1.807) is 12.1 Å². The molecule has 0 unspecified atom stereocenters. The molecule has 78 valence electrons. The van der Waals surface area contributed by atoms with E-state index < -0.39 is 0 Å². The van der Waals surface area contributed by atoms with Gasteiger partial charge in [-0.05, 0) is 11.6 Å². The van der Waals surface area contributed by atoms with Gasteiger partial charge in [0.25, 0.3) is 0 Å². The first-order valence-electron chi connectivity index (χ1n) is 5.00. The lowest BCUT2D eigenvalue weighted by atomic mass is 10.1. The van der Waals surface area contributed by atoms with Crippen LogP contribution in [0.2, 0.25) is 0 Å². The topological polar surface area (TPSA) is 23.8 Å². The second kappa shape index (κ2) is 7.03. The molecule has 0 saturated heterocycles. The number of nitrogens with zero attached hydrogens (tertiary/aromatic N) is 1. The number of benzene rings is 2. The summed E-state index contributed by atoms with van der Waals surface area (Å²) in [5, 5.41) is 8.55. The first-order valence-corrected chi connectivity index (χ1v) is 5.00. The molecular formula is C15H13N. The molecule has 0 saturated carbocycles. The lowest BCUT2D eigenvalue weighted by Crippen LogP contribution is -1.77. The molecule has 0 aliphatic rings. The number of hydrogen-bond acceptors (Lipinski definition) is 1. The highest BCUT2D eigenvalue weighted by Crippen LogP contribution is 2.07. The summed E-state index contributed by atoms with van der Waals surface area (Å²) < 4.78 is 0. The van der Waals surface area contributed by atoms with Crippen LogP contribution >= 0.6 is 0 Å². The Hall–Kier alpha value is -2.33. The van der Waals surface area contributed by atoms with Gasteiger partial charge in [0.05, 0.1) is 11.6 Å². The zero-order valence-corrected chi connectivity index (χ0v) is 9.01. The van der Waals surface area contributed by atoms with Crippen LogP contribution in [0.15, 0.2) is 67.2 Å². The molecule has 0 amide bonds. The molecule has 2 aromatic carbocycles. The summed E-state index contributed by atoms with van der Waals surface area (Å²) in [6.07, 6.45) is 1.68. The highest BCUT2D eigenvalue weighted by atomic mass is 14.2. The lowest BCUT2D eigenvalue weighted by Gasteiger charge is -1.92. The first kappa shape index (κ1) is 11.7. The summed E-state index contributed by atoms with van der Waals surface area (Å²) >= 11 is 0. The standard InChI is InChI=1S/C9H7N.C6H6/c1-2-8-5-3-4-6-9(8)7-10;1-2-4-6-5-3-1/h2-6H,1H2;1-6H. The van der Waals surface area contributed by atoms with Gasteiger partial charge < -0.3 is 0 Å². The quantitative estimate of drug-likeness (QED) is 0.696. The van der Waals surface area contributed by atoms with Crippen molar-refractivity contribution in [2.45, 2.75) is 0 Å². The van der Waals surface area contributed by atoms with Gasteiger partial charge in [0.15, 0.2) is 0 Å². The maximum atomic E-state index is 8.55. The second-order valence-corrected chi connectivity index (χ2v) is 3.06. The van der Waals surface area contributed by atoms with E-state index in [1.165, 1.54) is 0 Å². The van der Waals surface area contributed by atoms with Gasteiger partial charge in [-0.3, -0.25) is 0 Å². The van der Waals surface area contributed by atoms with Gasteiger partial charge in [-0.1, -0.05) is 67.3 Å². The highest BCUT2D eigenvalue weighted by molar-refractivity contribution is 5.55. The fourth-order valence-corrected chi connectivity index (χ4v) is 1.16. The largest absolute Gasteiger partial charge is 0.192 e. The third-order valence-electron chi connectivity index (χ3n) is 1.97. The van der Waals surface area contributed by atoms with Crippen LogP contribution in [0.1, 0.15) is 11.1 Å². The molecule has 0 atom stereocenters. The molecule has 16 heavy (non-hydrogen) atoms. The van der Waals surface area contributed by atoms with Gasteiger partial charge in [-0.25, -0.2) is 0 Å². The molecule has 0 aromatic heterocycles. The summed E-state index contributed by atoms with van der Waals surface area (Å²) in [6.45, 7) is 3.59. The summed E-state index contributed by atoms with van der Waals surface area (Å²) in [5.41, 5.74) is 1.57. The van der Waals surface area contributed by atoms with Gasteiger partial charge in [0.2, 0.25) is 0 Å². The lowest BCUT2D eigenvalue weighted by molar-refractivity contribution is 1.47. The zero-order valence-electron chi connectivity index (χ0n) is 9.01. The van der Waals surface area contributed by atoms with Crippen molar-refractivity contribution in [1.82, 2.24) is 0 Å². The van der Waals surface area contributed by atoms with E-state index in [0.29, 0.717) is 5.56 Å². The van der Waals surface area contributed by atoms with Crippen LogP contribution in [-0.4, -0.2) is 0 Å². The summed E-state index contributed by atoms with van der Waals surface area (Å²) in [6, 6.07) is 21.4. The van der Waals surface area contributed by atoms with E-state index in [9.17, 15) is 0 Å². The third kappa shape index (κ3) is 3.81. The van der Waals surface area contributed by atoms with Crippen LogP contribution in [0.3, 0.4) is 0 Å². The average Bonchev–Trinajstić information content (AvgIpc) is 2.41. The van der Waals surface area contributed by atoms with Crippen LogP contribution < -0.4 is 0 Å². The Morgan fingerprint density at radius 2 is 1.38 bits per heavy atom. The molecule has 0 bridgehead atoms. The smallest absolute Gasteiger partial charge is 0.0997 e. The minimum atomic E-state index is 0.678. The highest BCUT2D eigenvalue weighted by Gasteiger charge is 1.92. The molecule has 0 aliphatic heterocycles. The van der Waals surface area contributed by atoms with Gasteiger partial charge in [-0.2, -0.15) is 5.26 Å². The van der Waals surface area contributed by atoms with Crippen molar-refractivity contribution < 1.29 is 0 Å². The van der Waals surface area contributed by atoms with E-state index in [-0.39, 0.29) is 0 Å². The van der Waals surface area contributed by atoms with Crippen LogP contribution in [-0.2, 0) is 0 Å². The van der Waals surface area contributed by atoms with Crippen molar-refractivity contribution in [2.75, 3.05) is 0 Å². The second-order valence-electron chi connectivity index (χ2n) is 3.06. The van der Waals surface area contributed by atoms with Crippen LogP contribution in [0.4, 0.5) is 0 Å². The Labute approximate surface area is 96.3 Å². The monoisotopic (exact) mass is 207 g/mol. The van der Waals surface area contributed by atoms with E-state index in [2.05, 4.69) is 12.6 Å². The number of hydrogen-bond donors (Lipinski definition) is 0. The van der Waals surface area contributed by atoms with Crippen molar-refractivity contribution >= 4 is 6.08 Å². The Morgan fingerprint density at radius 1 is 0.875 bits per heavy atom. The molecule has 0 radical (unpaired) electrons. The van der Waals surface area contributed by atoms with Crippen molar-refractivity contribution in [3.05, 3.63) is 78.4 Å². The molecule has 2 aromatic rings. The molecule has 2 rings (SSSR count).